The van der Waals surface area contributed by atoms with Gasteiger partial charge in [0.1, 0.15) is 9.84 Å². The summed E-state index contributed by atoms with van der Waals surface area (Å²) in [5.74, 6) is 0.611. The van der Waals surface area contributed by atoms with Crippen molar-refractivity contribution in [2.75, 3.05) is 18.1 Å². The molecule has 1 aromatic rings. The topological polar surface area (TPSA) is 64.0 Å². The number of nitrogens with zero attached hydrogens (tertiary/aromatic N) is 2. The van der Waals surface area contributed by atoms with Gasteiger partial charge >= 0.3 is 0 Å². The molecule has 0 unspecified atom stereocenters. The zero-order valence-corrected chi connectivity index (χ0v) is 11.8. The van der Waals surface area contributed by atoms with Crippen LogP contribution >= 0.6 is 12.4 Å². The van der Waals surface area contributed by atoms with Crippen LogP contribution in [0.2, 0.25) is 0 Å². The van der Waals surface area contributed by atoms with E-state index in [9.17, 15) is 8.42 Å². The Hall–Kier alpha value is -0.590. The molecule has 7 heteroatoms. The minimum absolute atomic E-state index is 0. The smallest absolute Gasteiger partial charge is 0.150 e. The van der Waals surface area contributed by atoms with Crippen molar-refractivity contribution in [1.29, 1.82) is 0 Å². The third-order valence-electron chi connectivity index (χ3n) is 3.72. The Kier molecular flexibility index (Phi) is 3.99. The Morgan fingerprint density at radius 2 is 2.06 bits per heavy atom. The third-order valence-corrected chi connectivity index (χ3v) is 5.43. The summed E-state index contributed by atoms with van der Waals surface area (Å²) in [5, 5.41) is 7.79. The second-order valence-electron chi connectivity index (χ2n) is 4.87. The molecule has 5 nitrogen and oxygen atoms in total. The summed E-state index contributed by atoms with van der Waals surface area (Å²) in [7, 11) is -2.78. The van der Waals surface area contributed by atoms with E-state index in [4.69, 9.17) is 0 Å². The highest BCUT2D eigenvalue weighted by Gasteiger charge is 2.27. The number of sulfone groups is 1. The highest BCUT2D eigenvalue weighted by molar-refractivity contribution is 7.91. The maximum absolute atomic E-state index is 11.4. The predicted molar refractivity (Wildman–Crippen MR) is 71.8 cm³/mol. The second-order valence-corrected chi connectivity index (χ2v) is 7.17. The Morgan fingerprint density at radius 1 is 1.33 bits per heavy atom. The van der Waals surface area contributed by atoms with E-state index in [0.29, 0.717) is 24.3 Å². The third kappa shape index (κ3) is 2.55. The fourth-order valence-electron chi connectivity index (χ4n) is 2.69. The van der Waals surface area contributed by atoms with Crippen LogP contribution in [0.15, 0.2) is 6.20 Å². The van der Waals surface area contributed by atoms with Gasteiger partial charge in [-0.05, 0) is 31.4 Å². The van der Waals surface area contributed by atoms with Crippen molar-refractivity contribution in [2.24, 2.45) is 0 Å². The molecule has 0 bridgehead atoms. The quantitative estimate of drug-likeness (QED) is 0.827. The van der Waals surface area contributed by atoms with Crippen molar-refractivity contribution >= 4 is 22.2 Å². The van der Waals surface area contributed by atoms with Crippen molar-refractivity contribution in [1.82, 2.24) is 15.1 Å². The van der Waals surface area contributed by atoms with E-state index in [1.54, 1.807) is 0 Å². The zero-order chi connectivity index (χ0) is 11.9. The van der Waals surface area contributed by atoms with Gasteiger partial charge in [0, 0.05) is 6.54 Å². The van der Waals surface area contributed by atoms with Crippen molar-refractivity contribution in [3.05, 3.63) is 17.5 Å². The van der Waals surface area contributed by atoms with Crippen molar-refractivity contribution < 1.29 is 8.42 Å². The first-order valence-corrected chi connectivity index (χ1v) is 7.94. The van der Waals surface area contributed by atoms with E-state index in [1.165, 1.54) is 11.3 Å². The maximum Gasteiger partial charge on any atom is 0.150 e. The highest BCUT2D eigenvalue weighted by Crippen LogP contribution is 2.26. The number of aromatic nitrogens is 2. The van der Waals surface area contributed by atoms with Gasteiger partial charge in [-0.3, -0.25) is 4.68 Å². The Balaban J connectivity index is 0.00000120. The molecule has 3 rings (SSSR count). The fourth-order valence-corrected chi connectivity index (χ4v) is 4.16. The molecule has 2 aliphatic heterocycles. The lowest BCUT2D eigenvalue weighted by Gasteiger charge is -2.25. The van der Waals surface area contributed by atoms with Crippen LogP contribution in [0.1, 0.15) is 30.1 Å². The second kappa shape index (κ2) is 5.19. The van der Waals surface area contributed by atoms with Gasteiger partial charge in [0.15, 0.2) is 0 Å². The highest BCUT2D eigenvalue weighted by atomic mass is 35.5. The van der Waals surface area contributed by atoms with Crippen LogP contribution in [-0.2, 0) is 22.8 Å². The Morgan fingerprint density at radius 3 is 2.78 bits per heavy atom. The molecular weight excluding hydrogens is 274 g/mol. The molecule has 1 N–H and O–H groups in total. The van der Waals surface area contributed by atoms with Crippen molar-refractivity contribution in [3.8, 4) is 0 Å². The van der Waals surface area contributed by atoms with Crippen molar-refractivity contribution in [2.45, 2.75) is 31.8 Å². The largest absolute Gasteiger partial charge is 0.311 e. The molecule has 1 fully saturated rings. The number of hydrogen-bond acceptors (Lipinski definition) is 4. The molecule has 0 aromatic carbocycles. The number of fused-ring (bicyclic) bond motifs is 1. The fraction of sp³-hybridized carbons (Fsp3) is 0.727. The monoisotopic (exact) mass is 291 g/mol. The molecule has 0 atom stereocenters. The molecule has 102 valence electrons. The lowest BCUT2D eigenvalue weighted by atomic mass is 10.1. The summed E-state index contributed by atoms with van der Waals surface area (Å²) >= 11 is 0. The average molecular weight is 292 g/mol. The number of nitrogens with one attached hydrogen (secondary N) is 1. The first-order chi connectivity index (χ1) is 8.16. The average Bonchev–Trinajstić information content (AvgIpc) is 2.73. The van der Waals surface area contributed by atoms with Gasteiger partial charge in [-0.1, -0.05) is 0 Å². The van der Waals surface area contributed by atoms with E-state index in [-0.39, 0.29) is 18.4 Å². The van der Waals surface area contributed by atoms with E-state index < -0.39 is 9.84 Å². The van der Waals surface area contributed by atoms with Crippen LogP contribution in [0.4, 0.5) is 0 Å². The summed E-state index contributed by atoms with van der Waals surface area (Å²) < 4.78 is 24.9. The van der Waals surface area contributed by atoms with Crippen LogP contribution in [0, 0.1) is 0 Å². The van der Waals surface area contributed by atoms with Crippen LogP contribution in [0.3, 0.4) is 0 Å². The SMILES string of the molecule is Cl.O=S1(=O)CCC(n2ncc3c2CNCC3)CC1. The molecule has 1 saturated heterocycles. The van der Waals surface area contributed by atoms with E-state index in [1.807, 2.05) is 6.20 Å². The molecule has 1 aromatic heterocycles. The van der Waals surface area contributed by atoms with Crippen LogP contribution in [0.25, 0.3) is 0 Å². The first kappa shape index (κ1) is 13.8. The minimum atomic E-state index is -2.78. The summed E-state index contributed by atoms with van der Waals surface area (Å²) in [6.45, 7) is 1.87. The molecule has 0 saturated carbocycles. The summed E-state index contributed by atoms with van der Waals surface area (Å²) in [5.41, 5.74) is 2.57. The molecule has 3 heterocycles. The standard InChI is InChI=1S/C11H17N3O2S.ClH/c15-17(16)5-2-10(3-6-17)14-11-8-12-4-1-9(11)7-13-14;/h7,10,12H,1-6,8H2;1H. The summed E-state index contributed by atoms with van der Waals surface area (Å²) in [6, 6.07) is 0.266. The molecule has 2 aliphatic rings. The van der Waals surface area contributed by atoms with Gasteiger partial charge in [0.25, 0.3) is 0 Å². The van der Waals surface area contributed by atoms with Gasteiger partial charge < -0.3 is 5.32 Å². The van der Waals surface area contributed by atoms with Gasteiger partial charge in [-0.15, -0.1) is 12.4 Å². The van der Waals surface area contributed by atoms with Crippen molar-refractivity contribution in [3.63, 3.8) is 0 Å². The van der Waals surface area contributed by atoms with Gasteiger partial charge in [-0.25, -0.2) is 8.42 Å². The van der Waals surface area contributed by atoms with Crippen LogP contribution in [-0.4, -0.2) is 36.2 Å². The maximum atomic E-state index is 11.4. The zero-order valence-electron chi connectivity index (χ0n) is 10.1. The van der Waals surface area contributed by atoms with E-state index in [2.05, 4.69) is 15.1 Å². The minimum Gasteiger partial charge on any atom is -0.311 e. The summed E-state index contributed by atoms with van der Waals surface area (Å²) in [6.07, 6.45) is 4.38. The van der Waals surface area contributed by atoms with Gasteiger partial charge in [-0.2, -0.15) is 5.10 Å². The van der Waals surface area contributed by atoms with Gasteiger partial charge in [0.2, 0.25) is 0 Å². The summed E-state index contributed by atoms with van der Waals surface area (Å²) in [4.78, 5) is 0. The lowest BCUT2D eigenvalue weighted by molar-refractivity contribution is 0.393. The van der Waals surface area contributed by atoms with Crippen LogP contribution < -0.4 is 5.32 Å². The first-order valence-electron chi connectivity index (χ1n) is 6.12. The normalized spacial score (nSPS) is 23.1. The van der Waals surface area contributed by atoms with E-state index >= 15 is 0 Å². The Bertz CT molecular complexity index is 512. The molecule has 18 heavy (non-hydrogen) atoms. The number of halogens is 1. The van der Waals surface area contributed by atoms with Crippen LogP contribution in [0.5, 0.6) is 0 Å². The molecule has 0 radical (unpaired) electrons. The number of hydrogen-bond donors (Lipinski definition) is 1. The number of rotatable bonds is 1. The molecule has 0 spiro atoms. The Labute approximate surface area is 113 Å². The van der Waals surface area contributed by atoms with E-state index in [0.717, 1.165) is 19.5 Å². The predicted octanol–water partition coefficient (Wildman–Crippen LogP) is 0.700. The van der Waals surface area contributed by atoms with Gasteiger partial charge in [0.05, 0.1) is 29.4 Å². The molecular formula is C11H18ClN3O2S. The molecule has 0 amide bonds. The molecule has 0 aliphatic carbocycles. The lowest BCUT2D eigenvalue weighted by Crippen LogP contribution is -2.30.